The molecule has 0 amide bonds. The molecule has 0 saturated carbocycles. The number of hydrogen-bond donors (Lipinski definition) is 0. The largest absolute Gasteiger partial charge is 0.238 e. The van der Waals surface area contributed by atoms with E-state index in [0.717, 1.165) is 17.1 Å². The first kappa shape index (κ1) is 29.2. The number of hydrogen-bond acceptors (Lipinski definition) is 3. The zero-order valence-electron chi connectivity index (χ0n) is 26.2. The van der Waals surface area contributed by atoms with Crippen molar-refractivity contribution < 1.29 is 0 Å². The van der Waals surface area contributed by atoms with E-state index in [9.17, 15) is 0 Å². The van der Waals surface area contributed by atoms with E-state index in [1.165, 1.54) is 17.1 Å². The highest BCUT2D eigenvalue weighted by Crippen LogP contribution is 2.35. The van der Waals surface area contributed by atoms with E-state index in [0.29, 0.717) is 17.8 Å². The fourth-order valence-electron chi connectivity index (χ4n) is 4.49. The quantitative estimate of drug-likeness (QED) is 0.338. The van der Waals surface area contributed by atoms with Gasteiger partial charge in [-0.15, -0.1) is 0 Å². The maximum atomic E-state index is 5.29. The van der Waals surface area contributed by atoms with E-state index in [1.807, 2.05) is 0 Å². The van der Waals surface area contributed by atoms with Crippen LogP contribution in [-0.4, -0.2) is 29.3 Å². The lowest BCUT2D eigenvalue weighted by molar-refractivity contribution is 0.250. The van der Waals surface area contributed by atoms with Gasteiger partial charge in [0.25, 0.3) is 0 Å². The van der Waals surface area contributed by atoms with Crippen LogP contribution in [0, 0.1) is 0 Å². The standard InChI is InChI=1S/C31H52N6/c1-19(2)22-16-25(29(7,8)9)32-35(22)28(36-23(20(3)4)17-26(33-36)30(10,11)12)37-24(21(5)6)18-27(34-37)31(13,14)15/h16-21,28H,1-15H3. The Balaban J connectivity index is 2.48. The average Bonchev–Trinajstić information content (AvgIpc) is 3.44. The summed E-state index contributed by atoms with van der Waals surface area (Å²) in [4.78, 5) is 0. The summed E-state index contributed by atoms with van der Waals surface area (Å²) in [5, 5.41) is 15.9. The van der Waals surface area contributed by atoms with E-state index in [2.05, 4.69) is 136 Å². The first-order valence-electron chi connectivity index (χ1n) is 14.0. The van der Waals surface area contributed by atoms with Crippen molar-refractivity contribution in [3.8, 4) is 0 Å². The Morgan fingerprint density at radius 3 is 0.838 bits per heavy atom. The Kier molecular flexibility index (Phi) is 7.68. The smallest absolute Gasteiger partial charge is 0.224 e. The highest BCUT2D eigenvalue weighted by molar-refractivity contribution is 5.26. The molecule has 206 valence electrons. The summed E-state index contributed by atoms with van der Waals surface area (Å²) in [7, 11) is 0. The van der Waals surface area contributed by atoms with E-state index >= 15 is 0 Å². The number of aromatic nitrogens is 6. The van der Waals surface area contributed by atoms with Crippen molar-refractivity contribution in [1.29, 1.82) is 0 Å². The lowest BCUT2D eigenvalue weighted by atomic mass is 9.91. The van der Waals surface area contributed by atoms with Gasteiger partial charge in [-0.25, -0.2) is 14.0 Å². The van der Waals surface area contributed by atoms with Crippen LogP contribution >= 0.6 is 0 Å². The van der Waals surface area contributed by atoms with Crippen molar-refractivity contribution in [1.82, 2.24) is 29.3 Å². The first-order chi connectivity index (χ1) is 16.7. The van der Waals surface area contributed by atoms with Gasteiger partial charge in [0, 0.05) is 33.3 Å². The molecule has 0 aliphatic carbocycles. The molecule has 0 aliphatic rings. The third-order valence-corrected chi connectivity index (χ3v) is 7.03. The zero-order valence-corrected chi connectivity index (χ0v) is 26.2. The number of rotatable bonds is 6. The Morgan fingerprint density at radius 1 is 0.459 bits per heavy atom. The van der Waals surface area contributed by atoms with Crippen molar-refractivity contribution in [2.24, 2.45) is 0 Å². The van der Waals surface area contributed by atoms with Gasteiger partial charge in [0.1, 0.15) is 0 Å². The van der Waals surface area contributed by atoms with Gasteiger partial charge in [0.15, 0.2) is 0 Å². The summed E-state index contributed by atoms with van der Waals surface area (Å²) in [6.07, 6.45) is -0.338. The highest BCUT2D eigenvalue weighted by atomic mass is 15.6. The van der Waals surface area contributed by atoms with Crippen LogP contribution in [0.2, 0.25) is 0 Å². The summed E-state index contributed by atoms with van der Waals surface area (Å²) < 4.78 is 6.59. The molecule has 3 aromatic heterocycles. The van der Waals surface area contributed by atoms with E-state index in [-0.39, 0.29) is 22.5 Å². The second-order valence-electron chi connectivity index (χ2n) is 14.8. The Labute approximate surface area is 225 Å². The fourth-order valence-corrected chi connectivity index (χ4v) is 4.49. The van der Waals surface area contributed by atoms with Crippen molar-refractivity contribution in [2.45, 2.75) is 144 Å². The molecule has 6 heteroatoms. The molecule has 0 aromatic carbocycles. The van der Waals surface area contributed by atoms with Crippen molar-refractivity contribution in [3.63, 3.8) is 0 Å². The summed E-state index contributed by atoms with van der Waals surface area (Å²) >= 11 is 0. The van der Waals surface area contributed by atoms with Gasteiger partial charge < -0.3 is 0 Å². The summed E-state index contributed by atoms with van der Waals surface area (Å²) in [6, 6.07) is 6.85. The van der Waals surface area contributed by atoms with Gasteiger partial charge >= 0.3 is 0 Å². The third-order valence-electron chi connectivity index (χ3n) is 7.03. The Hall–Kier alpha value is -2.37. The van der Waals surface area contributed by atoms with Crippen LogP contribution in [0.5, 0.6) is 0 Å². The molecule has 3 heterocycles. The molecule has 0 spiro atoms. The third kappa shape index (κ3) is 5.88. The number of nitrogens with zero attached hydrogens (tertiary/aromatic N) is 6. The lowest BCUT2D eigenvalue weighted by Gasteiger charge is -2.28. The van der Waals surface area contributed by atoms with Crippen molar-refractivity contribution in [3.05, 3.63) is 52.4 Å². The second kappa shape index (κ2) is 9.74. The van der Waals surface area contributed by atoms with Gasteiger partial charge in [-0.1, -0.05) is 104 Å². The molecule has 0 fully saturated rings. The molecule has 0 radical (unpaired) electrons. The second-order valence-corrected chi connectivity index (χ2v) is 14.8. The summed E-state index contributed by atoms with van der Waals surface area (Å²) in [5.74, 6) is 0.893. The van der Waals surface area contributed by atoms with Gasteiger partial charge in [-0.05, 0) is 36.0 Å². The molecule has 0 aliphatic heterocycles. The maximum Gasteiger partial charge on any atom is 0.238 e. The molecule has 0 bridgehead atoms. The fraction of sp³-hybridized carbons (Fsp3) is 0.710. The van der Waals surface area contributed by atoms with Crippen LogP contribution in [0.25, 0.3) is 0 Å². The van der Waals surface area contributed by atoms with Crippen molar-refractivity contribution in [2.75, 3.05) is 0 Å². The van der Waals surface area contributed by atoms with E-state index in [4.69, 9.17) is 15.3 Å². The van der Waals surface area contributed by atoms with Crippen LogP contribution < -0.4 is 0 Å². The molecule has 3 aromatic rings. The van der Waals surface area contributed by atoms with Gasteiger partial charge in [0.2, 0.25) is 6.29 Å². The van der Waals surface area contributed by atoms with E-state index < -0.39 is 0 Å². The van der Waals surface area contributed by atoms with Gasteiger partial charge in [-0.2, -0.15) is 15.3 Å². The summed E-state index contributed by atoms with van der Waals surface area (Å²) in [6.45, 7) is 33.6. The average molecular weight is 509 g/mol. The Morgan fingerprint density at radius 2 is 0.676 bits per heavy atom. The Bertz CT molecular complexity index is 1060. The lowest BCUT2D eigenvalue weighted by Crippen LogP contribution is -2.34. The molecule has 37 heavy (non-hydrogen) atoms. The molecule has 0 unspecified atom stereocenters. The van der Waals surface area contributed by atoms with Crippen LogP contribution in [0.3, 0.4) is 0 Å². The maximum absolute atomic E-state index is 5.29. The van der Waals surface area contributed by atoms with Gasteiger partial charge in [0.05, 0.1) is 17.1 Å². The van der Waals surface area contributed by atoms with Crippen LogP contribution in [0.15, 0.2) is 18.2 Å². The first-order valence-corrected chi connectivity index (χ1v) is 14.0. The molecular weight excluding hydrogens is 456 g/mol. The minimum Gasteiger partial charge on any atom is -0.224 e. The minimum absolute atomic E-state index is 0.0669. The zero-order chi connectivity index (χ0) is 28.2. The molecular formula is C31H52N6. The predicted octanol–water partition coefficient (Wildman–Crippen LogP) is 8.09. The normalized spacial score (nSPS) is 13.7. The molecule has 0 saturated heterocycles. The van der Waals surface area contributed by atoms with Crippen LogP contribution in [0.4, 0.5) is 0 Å². The topological polar surface area (TPSA) is 53.5 Å². The predicted molar refractivity (Wildman–Crippen MR) is 155 cm³/mol. The summed E-state index contributed by atoms with van der Waals surface area (Å²) in [5.41, 5.74) is 6.65. The van der Waals surface area contributed by atoms with Gasteiger partial charge in [-0.3, -0.25) is 0 Å². The van der Waals surface area contributed by atoms with Crippen LogP contribution in [0.1, 0.15) is 162 Å². The monoisotopic (exact) mass is 508 g/mol. The SMILES string of the molecule is CC(C)c1cc(C(C)(C)C)nn1C(n1nc(C(C)(C)C)cc1C(C)C)n1nc(C(C)(C)C)cc1C(C)C. The van der Waals surface area contributed by atoms with Crippen molar-refractivity contribution >= 4 is 0 Å². The van der Waals surface area contributed by atoms with Crippen LogP contribution in [-0.2, 0) is 16.2 Å². The highest BCUT2D eigenvalue weighted by Gasteiger charge is 2.34. The van der Waals surface area contributed by atoms with E-state index in [1.54, 1.807) is 0 Å². The molecule has 6 nitrogen and oxygen atoms in total. The molecule has 3 rings (SSSR count). The molecule has 0 N–H and O–H groups in total. The minimum atomic E-state index is -0.338. The molecule has 0 atom stereocenters.